The molecule has 0 aliphatic carbocycles. The Labute approximate surface area is 105 Å². The van der Waals surface area contributed by atoms with Crippen molar-refractivity contribution >= 4 is 22.6 Å². The average molecular weight is 319 g/mol. The van der Waals surface area contributed by atoms with Gasteiger partial charge in [0.25, 0.3) is 0 Å². The van der Waals surface area contributed by atoms with Gasteiger partial charge in [-0.25, -0.2) is 0 Å². The number of halogens is 1. The number of rotatable bonds is 4. The SMILES string of the molecule is CCCC(C)c1cc(I)c(O)c(CN)c1. The second kappa shape index (κ2) is 5.70. The fourth-order valence-electron chi connectivity index (χ4n) is 1.72. The van der Waals surface area contributed by atoms with Crippen LogP contribution in [0.1, 0.15) is 43.7 Å². The zero-order valence-electron chi connectivity index (χ0n) is 9.26. The summed E-state index contributed by atoms with van der Waals surface area (Å²) < 4.78 is 0.897. The molecule has 0 aliphatic rings. The summed E-state index contributed by atoms with van der Waals surface area (Å²) in [5.74, 6) is 0.875. The molecule has 0 aliphatic heterocycles. The van der Waals surface area contributed by atoms with Gasteiger partial charge >= 0.3 is 0 Å². The highest BCUT2D eigenvalue weighted by Gasteiger charge is 2.10. The molecule has 1 unspecified atom stereocenters. The van der Waals surface area contributed by atoms with Crippen LogP contribution in [0.2, 0.25) is 0 Å². The van der Waals surface area contributed by atoms with Crippen molar-refractivity contribution < 1.29 is 5.11 Å². The summed E-state index contributed by atoms with van der Waals surface area (Å²) in [4.78, 5) is 0. The van der Waals surface area contributed by atoms with E-state index < -0.39 is 0 Å². The van der Waals surface area contributed by atoms with Gasteiger partial charge < -0.3 is 10.8 Å². The van der Waals surface area contributed by atoms with E-state index in [1.165, 1.54) is 18.4 Å². The van der Waals surface area contributed by atoms with Gasteiger partial charge in [-0.3, -0.25) is 0 Å². The van der Waals surface area contributed by atoms with Gasteiger partial charge in [-0.15, -0.1) is 0 Å². The van der Waals surface area contributed by atoms with Gasteiger partial charge in [-0.05, 0) is 46.6 Å². The number of aromatic hydroxyl groups is 1. The molecule has 0 aromatic heterocycles. The third kappa shape index (κ3) is 3.08. The average Bonchev–Trinajstić information content (AvgIpc) is 2.22. The van der Waals surface area contributed by atoms with Crippen LogP contribution in [0.3, 0.4) is 0 Å². The van der Waals surface area contributed by atoms with Crippen LogP contribution in [0.5, 0.6) is 5.75 Å². The topological polar surface area (TPSA) is 46.2 Å². The van der Waals surface area contributed by atoms with Gasteiger partial charge in [0.1, 0.15) is 5.75 Å². The highest BCUT2D eigenvalue weighted by molar-refractivity contribution is 14.1. The summed E-state index contributed by atoms with van der Waals surface area (Å²) in [7, 11) is 0. The molecule has 0 radical (unpaired) electrons. The molecule has 0 fully saturated rings. The Balaban J connectivity index is 3.05. The lowest BCUT2D eigenvalue weighted by Crippen LogP contribution is -2.01. The minimum atomic E-state index is 0.338. The predicted octanol–water partition coefficient (Wildman–Crippen LogP) is 3.36. The van der Waals surface area contributed by atoms with Crippen molar-refractivity contribution in [2.45, 2.75) is 39.2 Å². The molecule has 1 aromatic rings. The molecule has 0 amide bonds. The lowest BCUT2D eigenvalue weighted by Gasteiger charge is -2.14. The standard InChI is InChI=1S/C12H18INO/c1-3-4-8(2)9-5-10(7-14)12(15)11(13)6-9/h5-6,8,15H,3-4,7,14H2,1-2H3. The van der Waals surface area contributed by atoms with Gasteiger partial charge in [0, 0.05) is 12.1 Å². The fourth-order valence-corrected chi connectivity index (χ4v) is 2.43. The van der Waals surface area contributed by atoms with Gasteiger partial charge in [-0.2, -0.15) is 0 Å². The van der Waals surface area contributed by atoms with Crippen molar-refractivity contribution in [1.29, 1.82) is 0 Å². The molecule has 3 heteroatoms. The van der Waals surface area contributed by atoms with Crippen molar-refractivity contribution in [3.8, 4) is 5.75 Å². The fraction of sp³-hybridized carbons (Fsp3) is 0.500. The Morgan fingerprint density at radius 3 is 2.67 bits per heavy atom. The molecule has 0 spiro atoms. The van der Waals surface area contributed by atoms with Crippen LogP contribution < -0.4 is 5.73 Å². The summed E-state index contributed by atoms with van der Waals surface area (Å²) in [6.45, 7) is 4.80. The van der Waals surface area contributed by atoms with Crippen LogP contribution in [0.4, 0.5) is 0 Å². The van der Waals surface area contributed by atoms with E-state index in [9.17, 15) is 5.11 Å². The second-order valence-electron chi connectivity index (χ2n) is 3.90. The number of nitrogens with two attached hydrogens (primary N) is 1. The first-order valence-electron chi connectivity index (χ1n) is 5.31. The Hall–Kier alpha value is -0.290. The molecule has 2 nitrogen and oxygen atoms in total. The monoisotopic (exact) mass is 319 g/mol. The first kappa shape index (κ1) is 12.8. The zero-order valence-corrected chi connectivity index (χ0v) is 11.4. The molecule has 0 saturated carbocycles. The van der Waals surface area contributed by atoms with E-state index in [0.29, 0.717) is 18.2 Å². The second-order valence-corrected chi connectivity index (χ2v) is 5.07. The largest absolute Gasteiger partial charge is 0.507 e. The van der Waals surface area contributed by atoms with Crippen LogP contribution in [-0.2, 0) is 6.54 Å². The van der Waals surface area contributed by atoms with Gasteiger partial charge in [0.05, 0.1) is 3.57 Å². The van der Waals surface area contributed by atoms with Crippen LogP contribution in [0.15, 0.2) is 12.1 Å². The Bertz CT molecular complexity index is 339. The van der Waals surface area contributed by atoms with E-state index in [-0.39, 0.29) is 0 Å². The van der Waals surface area contributed by atoms with Crippen molar-refractivity contribution in [2.24, 2.45) is 5.73 Å². The first-order chi connectivity index (χ1) is 7.10. The molecule has 0 heterocycles. The minimum absolute atomic E-state index is 0.338. The van der Waals surface area contributed by atoms with E-state index in [1.807, 2.05) is 6.07 Å². The van der Waals surface area contributed by atoms with Crippen LogP contribution in [0, 0.1) is 3.57 Å². The van der Waals surface area contributed by atoms with Gasteiger partial charge in [0.15, 0.2) is 0 Å². The summed E-state index contributed by atoms with van der Waals surface area (Å²) in [6.07, 6.45) is 2.35. The van der Waals surface area contributed by atoms with E-state index in [0.717, 1.165) is 9.13 Å². The highest BCUT2D eigenvalue weighted by Crippen LogP contribution is 2.30. The van der Waals surface area contributed by atoms with Crippen LogP contribution in [-0.4, -0.2) is 5.11 Å². The smallest absolute Gasteiger partial charge is 0.133 e. The van der Waals surface area contributed by atoms with Crippen molar-refractivity contribution in [3.05, 3.63) is 26.8 Å². The lowest BCUT2D eigenvalue weighted by molar-refractivity contribution is 0.463. The Morgan fingerprint density at radius 2 is 2.13 bits per heavy atom. The molecular formula is C12H18INO. The van der Waals surface area contributed by atoms with E-state index in [4.69, 9.17) is 5.73 Å². The lowest BCUT2D eigenvalue weighted by atomic mass is 9.95. The predicted molar refractivity (Wildman–Crippen MR) is 72.0 cm³/mol. The molecule has 0 saturated heterocycles. The van der Waals surface area contributed by atoms with Gasteiger partial charge in [-0.1, -0.05) is 26.3 Å². The molecule has 0 bridgehead atoms. The summed E-state index contributed by atoms with van der Waals surface area (Å²) in [6, 6.07) is 4.08. The highest BCUT2D eigenvalue weighted by atomic mass is 127. The molecular weight excluding hydrogens is 301 g/mol. The maximum atomic E-state index is 9.75. The Morgan fingerprint density at radius 1 is 1.47 bits per heavy atom. The van der Waals surface area contributed by atoms with Crippen LogP contribution >= 0.6 is 22.6 Å². The zero-order chi connectivity index (χ0) is 11.4. The molecule has 84 valence electrons. The molecule has 1 rings (SSSR count). The van der Waals surface area contributed by atoms with E-state index >= 15 is 0 Å². The quantitative estimate of drug-likeness (QED) is 0.836. The summed E-state index contributed by atoms with van der Waals surface area (Å²) in [5.41, 5.74) is 7.72. The molecule has 3 N–H and O–H groups in total. The van der Waals surface area contributed by atoms with Crippen molar-refractivity contribution in [1.82, 2.24) is 0 Å². The number of phenolic OH excluding ortho intramolecular Hbond substituents is 1. The number of hydrogen-bond donors (Lipinski definition) is 2. The van der Waals surface area contributed by atoms with Gasteiger partial charge in [0.2, 0.25) is 0 Å². The summed E-state index contributed by atoms with van der Waals surface area (Å²) >= 11 is 2.16. The molecule has 1 atom stereocenters. The number of phenols is 1. The van der Waals surface area contributed by atoms with E-state index in [1.54, 1.807) is 0 Å². The Kier molecular flexibility index (Phi) is 4.86. The summed E-state index contributed by atoms with van der Waals surface area (Å²) in [5, 5.41) is 9.75. The maximum Gasteiger partial charge on any atom is 0.133 e. The third-order valence-corrected chi connectivity index (χ3v) is 3.50. The first-order valence-corrected chi connectivity index (χ1v) is 6.39. The third-order valence-electron chi connectivity index (χ3n) is 2.68. The number of benzene rings is 1. The maximum absolute atomic E-state index is 9.75. The normalized spacial score (nSPS) is 12.8. The minimum Gasteiger partial charge on any atom is -0.507 e. The van der Waals surface area contributed by atoms with Crippen LogP contribution in [0.25, 0.3) is 0 Å². The van der Waals surface area contributed by atoms with Crippen molar-refractivity contribution in [3.63, 3.8) is 0 Å². The molecule has 15 heavy (non-hydrogen) atoms. The van der Waals surface area contributed by atoms with Crippen molar-refractivity contribution in [2.75, 3.05) is 0 Å². The molecule has 1 aromatic carbocycles. The number of hydrogen-bond acceptors (Lipinski definition) is 2. The van der Waals surface area contributed by atoms with E-state index in [2.05, 4.69) is 42.5 Å².